The number of hydrogen-bond acceptors (Lipinski definition) is 5. The van der Waals surface area contributed by atoms with Crippen molar-refractivity contribution in [1.29, 1.82) is 0 Å². The summed E-state index contributed by atoms with van der Waals surface area (Å²) in [6.07, 6.45) is 0. The lowest BCUT2D eigenvalue weighted by atomic mass is 10.1. The molecule has 9 heteroatoms. The van der Waals surface area contributed by atoms with Crippen LogP contribution in [0.25, 0.3) is 0 Å². The molecule has 20 heavy (non-hydrogen) atoms. The highest BCUT2D eigenvalue weighted by Crippen LogP contribution is 2.12. The van der Waals surface area contributed by atoms with Crippen LogP contribution in [0.15, 0.2) is 18.2 Å². The molecule has 0 saturated carbocycles. The second-order valence-corrected chi connectivity index (χ2v) is 3.55. The van der Waals surface area contributed by atoms with E-state index in [9.17, 15) is 4.79 Å². The van der Waals surface area contributed by atoms with E-state index in [4.69, 9.17) is 31.5 Å². The van der Waals surface area contributed by atoms with Crippen molar-refractivity contribution in [3.05, 3.63) is 44.6 Å². The second kappa shape index (κ2) is 8.29. The summed E-state index contributed by atoms with van der Waals surface area (Å²) in [4.78, 5) is 22.5. The van der Waals surface area contributed by atoms with Crippen molar-refractivity contribution >= 4 is 17.6 Å². The Hall–Kier alpha value is -2.84. The summed E-state index contributed by atoms with van der Waals surface area (Å²) >= 11 is 0. The lowest BCUT2D eigenvalue weighted by Gasteiger charge is -2.04. The first kappa shape index (κ1) is 17.2. The number of hydrogen-bond donors (Lipinski definition) is 3. The van der Waals surface area contributed by atoms with Crippen molar-refractivity contribution in [3.63, 3.8) is 0 Å². The maximum absolute atomic E-state index is 11.5. The quantitative estimate of drug-likeness (QED) is 0.209. The predicted molar refractivity (Wildman–Crippen MR) is 71.5 cm³/mol. The molecule has 0 atom stereocenters. The van der Waals surface area contributed by atoms with Crippen molar-refractivity contribution in [2.75, 3.05) is 6.61 Å². The van der Waals surface area contributed by atoms with E-state index in [1.807, 2.05) is 6.92 Å². The number of ether oxygens (including phenoxy) is 1. The Kier molecular flexibility index (Phi) is 7.12. The SMILES string of the molecule is CCOC(=O)c1ccc(C)c([NH+]=C(N)N)c1.O=[N+]([O-])[O-]. The molecule has 0 aliphatic rings. The van der Waals surface area contributed by atoms with Gasteiger partial charge < -0.3 is 20.1 Å². The van der Waals surface area contributed by atoms with E-state index >= 15 is 0 Å². The molecular weight excluding hydrogens is 268 g/mol. The van der Waals surface area contributed by atoms with Crippen LogP contribution in [-0.4, -0.2) is 23.6 Å². The Morgan fingerprint density at radius 1 is 1.40 bits per heavy atom. The standard InChI is InChI=1S/C11H15N3O2.NO3/c1-3-16-10(15)8-5-4-7(2)9(6-8)14-11(12)13;2-1(3)4/h4-6H,3H2,1-2H3,(H4,12,13,14);/q;-1/p+1. The van der Waals surface area contributed by atoms with Gasteiger partial charge in [-0.15, -0.1) is 0 Å². The normalized spacial score (nSPS) is 8.90. The highest BCUT2D eigenvalue weighted by molar-refractivity contribution is 5.90. The van der Waals surface area contributed by atoms with Crippen LogP contribution in [0, 0.1) is 22.2 Å². The van der Waals surface area contributed by atoms with Crippen LogP contribution in [0.5, 0.6) is 0 Å². The van der Waals surface area contributed by atoms with Crippen LogP contribution in [0.3, 0.4) is 0 Å². The number of carbonyl (C=O) groups is 1. The molecule has 1 rings (SSSR count). The molecule has 110 valence electrons. The molecule has 5 N–H and O–H groups in total. The smallest absolute Gasteiger partial charge is 0.343 e. The van der Waals surface area contributed by atoms with Gasteiger partial charge in [0.2, 0.25) is 0 Å². The Morgan fingerprint density at radius 3 is 2.40 bits per heavy atom. The van der Waals surface area contributed by atoms with Gasteiger partial charge in [0.25, 0.3) is 0 Å². The van der Waals surface area contributed by atoms with Crippen molar-refractivity contribution in [1.82, 2.24) is 0 Å². The molecule has 0 unspecified atom stereocenters. The van der Waals surface area contributed by atoms with Crippen LogP contribution in [0.1, 0.15) is 22.8 Å². The number of carbonyl (C=O) groups excluding carboxylic acids is 1. The van der Waals surface area contributed by atoms with Gasteiger partial charge in [-0.25, -0.2) is 9.79 Å². The summed E-state index contributed by atoms with van der Waals surface area (Å²) in [5.41, 5.74) is 12.8. The van der Waals surface area contributed by atoms with Crippen LogP contribution >= 0.6 is 0 Å². The number of nitrogens with one attached hydrogen (secondary N) is 1. The van der Waals surface area contributed by atoms with Crippen LogP contribution in [0.4, 0.5) is 5.69 Å². The number of rotatable bonds is 3. The monoisotopic (exact) mass is 284 g/mol. The minimum atomic E-state index is -1.75. The maximum atomic E-state index is 11.5. The average Bonchev–Trinajstić information content (AvgIpc) is 2.31. The molecule has 9 nitrogen and oxygen atoms in total. The number of guanidine groups is 1. The third kappa shape index (κ3) is 6.79. The van der Waals surface area contributed by atoms with Crippen molar-refractivity contribution in [2.24, 2.45) is 11.5 Å². The Balaban J connectivity index is 0.000000796. The van der Waals surface area contributed by atoms with Crippen molar-refractivity contribution in [2.45, 2.75) is 13.8 Å². The molecule has 0 heterocycles. The Bertz CT molecular complexity index is 508. The first-order valence-electron chi connectivity index (χ1n) is 5.52. The molecule has 0 radical (unpaired) electrons. The predicted octanol–water partition coefficient (Wildman–Crippen LogP) is -1.08. The summed E-state index contributed by atoms with van der Waals surface area (Å²) in [6.45, 7) is 4.00. The van der Waals surface area contributed by atoms with E-state index in [1.165, 1.54) is 0 Å². The lowest BCUT2D eigenvalue weighted by Crippen LogP contribution is -2.72. The highest BCUT2D eigenvalue weighted by atomic mass is 16.9. The molecule has 0 bridgehead atoms. The third-order valence-electron chi connectivity index (χ3n) is 2.03. The minimum absolute atomic E-state index is 0.0871. The summed E-state index contributed by atoms with van der Waals surface area (Å²) in [7, 11) is 0. The van der Waals surface area contributed by atoms with Crippen LogP contribution in [-0.2, 0) is 4.74 Å². The molecule has 1 aromatic rings. The second-order valence-electron chi connectivity index (χ2n) is 3.55. The third-order valence-corrected chi connectivity index (χ3v) is 2.03. The number of nitrogens with zero attached hydrogens (tertiary/aromatic N) is 1. The maximum Gasteiger partial charge on any atom is 0.343 e. The van der Waals surface area contributed by atoms with Gasteiger partial charge in [0.15, 0.2) is 0 Å². The van der Waals surface area contributed by atoms with Gasteiger partial charge in [-0.05, 0) is 31.5 Å². The average molecular weight is 284 g/mol. The fourth-order valence-electron chi connectivity index (χ4n) is 1.25. The summed E-state index contributed by atoms with van der Waals surface area (Å²) < 4.78 is 4.89. The van der Waals surface area contributed by atoms with Gasteiger partial charge in [0.1, 0.15) is 5.69 Å². The molecule has 0 aliphatic carbocycles. The summed E-state index contributed by atoms with van der Waals surface area (Å²) in [5, 5.41) is 14.8. The van der Waals surface area contributed by atoms with Crippen molar-refractivity contribution in [3.8, 4) is 0 Å². The van der Waals surface area contributed by atoms with Crippen LogP contribution in [0.2, 0.25) is 0 Å². The zero-order chi connectivity index (χ0) is 15.7. The topological polar surface area (TPSA) is 159 Å². The summed E-state index contributed by atoms with van der Waals surface area (Å²) in [5.74, 6) is -0.273. The Morgan fingerprint density at radius 2 is 1.95 bits per heavy atom. The molecule has 0 saturated heterocycles. The zero-order valence-corrected chi connectivity index (χ0v) is 11.1. The van der Waals surface area contributed by atoms with Crippen molar-refractivity contribution < 1.29 is 19.6 Å². The van der Waals surface area contributed by atoms with Gasteiger partial charge in [0, 0.05) is 0 Å². The zero-order valence-electron chi connectivity index (χ0n) is 11.1. The van der Waals surface area contributed by atoms with E-state index in [2.05, 4.69) is 4.99 Å². The first-order chi connectivity index (χ1) is 9.27. The van der Waals surface area contributed by atoms with E-state index in [0.717, 1.165) is 5.56 Å². The van der Waals surface area contributed by atoms with E-state index in [-0.39, 0.29) is 11.9 Å². The highest BCUT2D eigenvalue weighted by Gasteiger charge is 2.09. The molecule has 1 aromatic carbocycles. The van der Waals surface area contributed by atoms with E-state index < -0.39 is 5.09 Å². The van der Waals surface area contributed by atoms with Crippen LogP contribution < -0.4 is 16.5 Å². The number of benzene rings is 1. The number of aryl methyl sites for hydroxylation is 1. The summed E-state index contributed by atoms with van der Waals surface area (Å²) in [6, 6.07) is 5.16. The van der Waals surface area contributed by atoms with E-state index in [1.54, 1.807) is 25.1 Å². The fourth-order valence-corrected chi connectivity index (χ4v) is 1.25. The minimum Gasteiger partial charge on any atom is -0.462 e. The molecule has 0 fully saturated rings. The van der Waals surface area contributed by atoms with Gasteiger partial charge in [-0.3, -0.25) is 11.5 Å². The van der Waals surface area contributed by atoms with Gasteiger partial charge >= 0.3 is 11.9 Å². The van der Waals surface area contributed by atoms with Gasteiger partial charge in [-0.1, -0.05) is 6.07 Å². The molecule has 0 aromatic heterocycles. The molecule has 0 spiro atoms. The first-order valence-corrected chi connectivity index (χ1v) is 5.52. The van der Waals surface area contributed by atoms with E-state index in [0.29, 0.717) is 17.9 Å². The van der Waals surface area contributed by atoms with Gasteiger partial charge in [-0.2, -0.15) is 0 Å². The molecule has 0 amide bonds. The Labute approximate surface area is 115 Å². The largest absolute Gasteiger partial charge is 0.462 e. The number of nitrogens with two attached hydrogens (primary N) is 2. The van der Waals surface area contributed by atoms with Gasteiger partial charge in [0.05, 0.1) is 17.3 Å². The molecule has 0 aliphatic heterocycles. The lowest BCUT2D eigenvalue weighted by molar-refractivity contribution is -0.402. The molecular formula is C11H16N4O5. The fraction of sp³-hybridized carbons (Fsp3) is 0.273. The number of esters is 1.